The number of imidazole rings is 1. The van der Waals surface area contributed by atoms with Crippen LogP contribution >= 0.6 is 0 Å². The van der Waals surface area contributed by atoms with Crippen molar-refractivity contribution < 1.29 is 4.79 Å². The molecule has 1 aliphatic heterocycles. The van der Waals surface area contributed by atoms with Gasteiger partial charge in [-0.3, -0.25) is 9.47 Å². The summed E-state index contributed by atoms with van der Waals surface area (Å²) >= 11 is 0. The van der Waals surface area contributed by atoms with Gasteiger partial charge in [-0.15, -0.1) is 0 Å². The molecule has 0 aliphatic carbocycles. The molecule has 1 atom stereocenters. The Hall–Kier alpha value is -4.50. The molecule has 6 rings (SSSR count). The first-order chi connectivity index (χ1) is 18.7. The number of carbonyl (C=O) groups is 1. The number of amides is 2. The van der Waals surface area contributed by atoms with Crippen molar-refractivity contribution in [1.82, 2.24) is 29.3 Å². The second-order valence-corrected chi connectivity index (χ2v) is 9.59. The fourth-order valence-corrected chi connectivity index (χ4v) is 5.03. The van der Waals surface area contributed by atoms with E-state index in [9.17, 15) is 4.79 Å². The van der Waals surface area contributed by atoms with Crippen molar-refractivity contribution in [1.29, 1.82) is 0 Å². The minimum atomic E-state index is -0.0593. The summed E-state index contributed by atoms with van der Waals surface area (Å²) < 4.78 is 1.96. The molecule has 2 amide bonds. The van der Waals surface area contributed by atoms with E-state index >= 15 is 0 Å². The number of hydrogen-bond donors (Lipinski definition) is 2. The second-order valence-electron chi connectivity index (χ2n) is 9.59. The Kier molecular flexibility index (Phi) is 6.58. The Morgan fingerprint density at radius 2 is 1.82 bits per heavy atom. The minimum Gasteiger partial charge on any atom is -0.354 e. The summed E-state index contributed by atoms with van der Waals surface area (Å²) in [5.74, 6) is 1.34. The molecule has 192 valence electrons. The quantitative estimate of drug-likeness (QED) is 0.349. The third-order valence-electron chi connectivity index (χ3n) is 7.20. The number of hydrogen-bond acceptors (Lipinski definition) is 6. The number of fused-ring (bicyclic) bond motifs is 2. The summed E-state index contributed by atoms with van der Waals surface area (Å²) in [7, 11) is 2.12. The average Bonchev–Trinajstić information content (AvgIpc) is 3.39. The maximum absolute atomic E-state index is 13.2. The van der Waals surface area contributed by atoms with Gasteiger partial charge in [-0.25, -0.2) is 14.8 Å². The fourth-order valence-electron chi connectivity index (χ4n) is 5.03. The SMILES string of the molecule is CN1CCN(C(=O)Nc2cccc3ccccc23)CC1CCNc1nccc(-n2cnc3ccccc32)n1. The van der Waals surface area contributed by atoms with Crippen LogP contribution < -0.4 is 10.6 Å². The largest absolute Gasteiger partial charge is 0.354 e. The van der Waals surface area contributed by atoms with Crippen molar-refractivity contribution in [3.63, 3.8) is 0 Å². The molecule has 0 spiro atoms. The van der Waals surface area contributed by atoms with Crippen LogP contribution in [0.3, 0.4) is 0 Å². The van der Waals surface area contributed by atoms with Gasteiger partial charge in [0.05, 0.1) is 16.7 Å². The van der Waals surface area contributed by atoms with Crippen LogP contribution in [0, 0.1) is 0 Å². The molecule has 2 aromatic heterocycles. The van der Waals surface area contributed by atoms with Gasteiger partial charge in [0.25, 0.3) is 0 Å². The highest BCUT2D eigenvalue weighted by Gasteiger charge is 2.27. The molecular weight excluding hydrogens is 476 g/mol. The standard InChI is InChI=1S/C29H30N8O/c1-35-17-18-36(29(38)33-24-11-6-8-21-7-2-3-9-23(21)24)19-22(35)13-15-30-28-31-16-14-27(34-28)37-20-32-25-10-4-5-12-26(25)37/h2-12,14,16,20,22H,13,15,17-19H2,1H3,(H,33,38)(H,30,31,34). The number of benzene rings is 3. The Balaban J connectivity index is 1.07. The van der Waals surface area contributed by atoms with Gasteiger partial charge in [0.1, 0.15) is 12.1 Å². The summed E-state index contributed by atoms with van der Waals surface area (Å²) in [5, 5.41) is 8.65. The normalized spacial score (nSPS) is 16.1. The van der Waals surface area contributed by atoms with Gasteiger partial charge in [-0.05, 0) is 43.1 Å². The summed E-state index contributed by atoms with van der Waals surface area (Å²) in [6, 6.07) is 24.1. The van der Waals surface area contributed by atoms with Crippen molar-refractivity contribution >= 4 is 39.5 Å². The van der Waals surface area contributed by atoms with Gasteiger partial charge >= 0.3 is 6.03 Å². The number of carbonyl (C=O) groups excluding carboxylic acids is 1. The van der Waals surface area contributed by atoms with E-state index in [0.717, 1.165) is 46.3 Å². The zero-order chi connectivity index (χ0) is 25.9. The first-order valence-electron chi connectivity index (χ1n) is 12.9. The van der Waals surface area contributed by atoms with Crippen LogP contribution in [0.1, 0.15) is 6.42 Å². The molecular formula is C29H30N8O. The monoisotopic (exact) mass is 506 g/mol. The van der Waals surface area contributed by atoms with Crippen molar-refractivity contribution in [3.8, 4) is 5.82 Å². The first kappa shape index (κ1) is 23.9. The van der Waals surface area contributed by atoms with E-state index < -0.39 is 0 Å². The van der Waals surface area contributed by atoms with E-state index in [4.69, 9.17) is 4.98 Å². The number of nitrogens with one attached hydrogen (secondary N) is 2. The van der Waals surface area contributed by atoms with Crippen LogP contribution in [0.15, 0.2) is 85.3 Å². The molecule has 38 heavy (non-hydrogen) atoms. The lowest BCUT2D eigenvalue weighted by atomic mass is 10.1. The van der Waals surface area contributed by atoms with Crippen molar-refractivity contribution in [3.05, 3.63) is 85.3 Å². The van der Waals surface area contributed by atoms with Crippen molar-refractivity contribution in [2.24, 2.45) is 0 Å². The van der Waals surface area contributed by atoms with Gasteiger partial charge in [0, 0.05) is 43.8 Å². The molecule has 9 nitrogen and oxygen atoms in total. The Bertz CT molecular complexity index is 1580. The number of para-hydroxylation sites is 2. The van der Waals surface area contributed by atoms with E-state index in [1.807, 2.05) is 70.1 Å². The number of nitrogens with zero attached hydrogens (tertiary/aromatic N) is 6. The van der Waals surface area contributed by atoms with E-state index in [-0.39, 0.29) is 12.1 Å². The molecule has 1 unspecified atom stereocenters. The highest BCUT2D eigenvalue weighted by molar-refractivity contribution is 6.01. The molecule has 0 saturated carbocycles. The smallest absolute Gasteiger partial charge is 0.321 e. The molecule has 2 N–H and O–H groups in total. The highest BCUT2D eigenvalue weighted by Crippen LogP contribution is 2.24. The van der Waals surface area contributed by atoms with Crippen LogP contribution in [-0.4, -0.2) is 74.6 Å². The molecule has 1 fully saturated rings. The third kappa shape index (κ3) is 4.88. The predicted octanol–water partition coefficient (Wildman–Crippen LogP) is 4.62. The second kappa shape index (κ2) is 10.5. The lowest BCUT2D eigenvalue weighted by Crippen LogP contribution is -2.54. The zero-order valence-corrected chi connectivity index (χ0v) is 21.3. The fraction of sp³-hybridized carbons (Fsp3) is 0.241. The number of urea groups is 1. The van der Waals surface area contributed by atoms with Crippen LogP contribution in [0.4, 0.5) is 16.4 Å². The molecule has 9 heteroatoms. The van der Waals surface area contributed by atoms with Gasteiger partial charge in [0.2, 0.25) is 5.95 Å². The van der Waals surface area contributed by atoms with E-state index in [1.165, 1.54) is 0 Å². The Morgan fingerprint density at radius 1 is 0.974 bits per heavy atom. The lowest BCUT2D eigenvalue weighted by molar-refractivity contribution is 0.113. The highest BCUT2D eigenvalue weighted by atomic mass is 16.2. The number of piperazine rings is 1. The van der Waals surface area contributed by atoms with Crippen LogP contribution in [0.25, 0.3) is 27.6 Å². The Morgan fingerprint density at radius 3 is 2.76 bits per heavy atom. The average molecular weight is 507 g/mol. The van der Waals surface area contributed by atoms with Gasteiger partial charge in [-0.2, -0.15) is 4.98 Å². The Labute approximate surface area is 221 Å². The maximum Gasteiger partial charge on any atom is 0.321 e. The van der Waals surface area contributed by atoms with Crippen LogP contribution in [-0.2, 0) is 0 Å². The van der Waals surface area contributed by atoms with Crippen molar-refractivity contribution in [2.75, 3.05) is 43.9 Å². The molecule has 0 radical (unpaired) electrons. The first-order valence-corrected chi connectivity index (χ1v) is 12.9. The summed E-state index contributed by atoms with van der Waals surface area (Å²) in [5.41, 5.74) is 2.77. The number of anilines is 2. The molecule has 5 aromatic rings. The molecule has 3 aromatic carbocycles. The topological polar surface area (TPSA) is 91.2 Å². The van der Waals surface area contributed by atoms with Crippen molar-refractivity contribution in [2.45, 2.75) is 12.5 Å². The predicted molar refractivity (Wildman–Crippen MR) is 151 cm³/mol. The molecule has 1 aliphatic rings. The van der Waals surface area contributed by atoms with Crippen LogP contribution in [0.2, 0.25) is 0 Å². The third-order valence-corrected chi connectivity index (χ3v) is 7.20. The molecule has 1 saturated heterocycles. The minimum absolute atomic E-state index is 0.0593. The van der Waals surface area contributed by atoms with Crippen LogP contribution in [0.5, 0.6) is 0 Å². The van der Waals surface area contributed by atoms with Gasteiger partial charge in [-0.1, -0.05) is 48.5 Å². The van der Waals surface area contributed by atoms with E-state index in [1.54, 1.807) is 12.5 Å². The summed E-state index contributed by atoms with van der Waals surface area (Å²) in [4.78, 5) is 30.9. The maximum atomic E-state index is 13.2. The van der Waals surface area contributed by atoms with E-state index in [2.05, 4.69) is 44.7 Å². The summed E-state index contributed by atoms with van der Waals surface area (Å²) in [6.45, 7) is 2.88. The van der Waals surface area contributed by atoms with Gasteiger partial charge < -0.3 is 15.5 Å². The van der Waals surface area contributed by atoms with Gasteiger partial charge in [0.15, 0.2) is 0 Å². The summed E-state index contributed by atoms with van der Waals surface area (Å²) in [6.07, 6.45) is 4.40. The lowest BCUT2D eigenvalue weighted by Gasteiger charge is -2.39. The molecule has 0 bridgehead atoms. The van der Waals surface area contributed by atoms with E-state index in [0.29, 0.717) is 25.6 Å². The zero-order valence-electron chi connectivity index (χ0n) is 21.3. The number of rotatable bonds is 6. The number of likely N-dealkylation sites (N-methyl/N-ethyl adjacent to an activating group) is 1. The number of aromatic nitrogens is 4. The molecule has 3 heterocycles.